The van der Waals surface area contributed by atoms with Gasteiger partial charge >= 0.3 is 0 Å². The predicted molar refractivity (Wildman–Crippen MR) is 84.7 cm³/mol. The topological polar surface area (TPSA) is 38.0 Å². The molecule has 0 radical (unpaired) electrons. The molecule has 2 nitrogen and oxygen atoms in total. The maximum Gasteiger partial charge on any atom is 0.135 e. The largest absolute Gasteiger partial charge is 0.389 e. The molecule has 2 aromatic carbocycles. The van der Waals surface area contributed by atoms with Crippen LogP contribution in [-0.2, 0) is 0 Å². The number of nitrogens with one attached hydrogen (secondary N) is 1. The molecule has 0 bridgehead atoms. The van der Waals surface area contributed by atoms with Crippen LogP contribution in [-0.4, -0.2) is 4.99 Å². The summed E-state index contributed by atoms with van der Waals surface area (Å²) in [5.74, 6) is -0.458. The average Bonchev–Trinajstić information content (AvgIpc) is 2.33. The highest BCUT2D eigenvalue weighted by atomic mass is 79.9. The molecule has 0 amide bonds. The van der Waals surface area contributed by atoms with E-state index in [9.17, 15) is 4.39 Å². The molecule has 0 aromatic heterocycles. The molecule has 0 atom stereocenters. The minimum absolute atomic E-state index is 0.00353. The number of hydrogen-bond acceptors (Lipinski definition) is 2. The van der Waals surface area contributed by atoms with E-state index in [4.69, 9.17) is 29.6 Å². The van der Waals surface area contributed by atoms with Crippen LogP contribution in [0.3, 0.4) is 0 Å². The van der Waals surface area contributed by atoms with Gasteiger partial charge in [0.2, 0.25) is 0 Å². The Morgan fingerprint density at radius 1 is 1.32 bits per heavy atom. The van der Waals surface area contributed by atoms with Gasteiger partial charge in [0.1, 0.15) is 10.8 Å². The van der Waals surface area contributed by atoms with E-state index in [-0.39, 0.29) is 10.6 Å². The number of benzene rings is 2. The van der Waals surface area contributed by atoms with Crippen LogP contribution >= 0.6 is 39.7 Å². The van der Waals surface area contributed by atoms with E-state index >= 15 is 0 Å². The van der Waals surface area contributed by atoms with Crippen LogP contribution in [0.15, 0.2) is 40.9 Å². The molecule has 0 saturated heterocycles. The molecule has 0 aliphatic heterocycles. The van der Waals surface area contributed by atoms with Crippen molar-refractivity contribution >= 4 is 56.1 Å². The Kier molecular flexibility index (Phi) is 4.39. The lowest BCUT2D eigenvalue weighted by molar-refractivity contribution is 0.626. The Morgan fingerprint density at radius 2 is 2.05 bits per heavy atom. The van der Waals surface area contributed by atoms with Crippen molar-refractivity contribution in [1.29, 1.82) is 0 Å². The van der Waals surface area contributed by atoms with Gasteiger partial charge in [-0.3, -0.25) is 0 Å². The fraction of sp³-hybridized carbons (Fsp3) is 0. The number of thiocarbonyl (C=S) groups is 1. The first-order chi connectivity index (χ1) is 8.99. The molecule has 2 rings (SSSR count). The summed E-state index contributed by atoms with van der Waals surface area (Å²) >= 11 is 14.2. The molecule has 0 fully saturated rings. The Hall–Kier alpha value is -1.17. The van der Waals surface area contributed by atoms with Crippen LogP contribution in [0.25, 0.3) is 0 Å². The molecule has 0 saturated carbocycles. The van der Waals surface area contributed by atoms with Gasteiger partial charge in [0.15, 0.2) is 0 Å². The molecule has 0 unspecified atom stereocenters. The zero-order valence-corrected chi connectivity index (χ0v) is 12.7. The lowest BCUT2D eigenvalue weighted by Crippen LogP contribution is -2.14. The van der Waals surface area contributed by atoms with Gasteiger partial charge in [0.05, 0.1) is 16.3 Å². The summed E-state index contributed by atoms with van der Waals surface area (Å²) in [7, 11) is 0. The highest BCUT2D eigenvalue weighted by Gasteiger charge is 2.11. The smallest absolute Gasteiger partial charge is 0.135 e. The Morgan fingerprint density at radius 3 is 2.68 bits per heavy atom. The lowest BCUT2D eigenvalue weighted by Gasteiger charge is -2.12. The molecular weight excluding hydrogens is 351 g/mol. The van der Waals surface area contributed by atoms with Crippen molar-refractivity contribution in [2.75, 3.05) is 5.32 Å². The van der Waals surface area contributed by atoms with E-state index in [1.165, 1.54) is 6.07 Å². The van der Waals surface area contributed by atoms with Gasteiger partial charge in [0, 0.05) is 10.2 Å². The van der Waals surface area contributed by atoms with Crippen LogP contribution in [0.2, 0.25) is 5.02 Å². The molecule has 3 N–H and O–H groups in total. The van der Waals surface area contributed by atoms with Gasteiger partial charge in [-0.25, -0.2) is 4.39 Å². The van der Waals surface area contributed by atoms with E-state index in [0.29, 0.717) is 10.7 Å². The number of rotatable bonds is 3. The minimum atomic E-state index is -0.458. The SMILES string of the molecule is NC(=S)c1c(F)cccc1Nc1ccc(Br)c(Cl)c1. The lowest BCUT2D eigenvalue weighted by atomic mass is 10.1. The van der Waals surface area contributed by atoms with Crippen molar-refractivity contribution in [2.24, 2.45) is 5.73 Å². The van der Waals surface area contributed by atoms with Crippen molar-refractivity contribution in [3.05, 3.63) is 57.3 Å². The third-order valence-electron chi connectivity index (χ3n) is 2.46. The van der Waals surface area contributed by atoms with Gasteiger partial charge in [-0.05, 0) is 46.3 Å². The Bertz CT molecular complexity index is 649. The van der Waals surface area contributed by atoms with Crippen molar-refractivity contribution < 1.29 is 4.39 Å². The molecule has 0 aliphatic rings. The molecule has 0 aliphatic carbocycles. The summed E-state index contributed by atoms with van der Waals surface area (Å²) in [4.78, 5) is 0.00353. The van der Waals surface area contributed by atoms with E-state index in [2.05, 4.69) is 21.2 Å². The fourth-order valence-electron chi connectivity index (χ4n) is 1.61. The second-order valence-electron chi connectivity index (χ2n) is 3.78. The quantitative estimate of drug-likeness (QED) is 0.785. The number of nitrogens with two attached hydrogens (primary N) is 1. The third-order valence-corrected chi connectivity index (χ3v) is 3.90. The second kappa shape index (κ2) is 5.86. The van der Waals surface area contributed by atoms with Crippen LogP contribution < -0.4 is 11.1 Å². The van der Waals surface area contributed by atoms with E-state index in [1.54, 1.807) is 24.3 Å². The van der Waals surface area contributed by atoms with Crippen LogP contribution in [0.5, 0.6) is 0 Å². The fourth-order valence-corrected chi connectivity index (χ4v) is 2.24. The summed E-state index contributed by atoms with van der Waals surface area (Å²) in [6.45, 7) is 0. The number of anilines is 2. The zero-order chi connectivity index (χ0) is 14.0. The second-order valence-corrected chi connectivity index (χ2v) is 5.48. The van der Waals surface area contributed by atoms with Crippen LogP contribution in [0, 0.1) is 5.82 Å². The zero-order valence-electron chi connectivity index (χ0n) is 9.58. The highest BCUT2D eigenvalue weighted by Crippen LogP contribution is 2.29. The maximum atomic E-state index is 13.7. The van der Waals surface area contributed by atoms with E-state index in [1.807, 2.05) is 6.07 Å². The molecular formula is C13H9BrClFN2S. The first kappa shape index (κ1) is 14.2. The Balaban J connectivity index is 2.40. The van der Waals surface area contributed by atoms with Crippen molar-refractivity contribution in [2.45, 2.75) is 0 Å². The molecule has 6 heteroatoms. The van der Waals surface area contributed by atoms with Crippen molar-refractivity contribution in [1.82, 2.24) is 0 Å². The van der Waals surface area contributed by atoms with Gasteiger partial charge in [-0.2, -0.15) is 0 Å². The Labute approximate surface area is 128 Å². The summed E-state index contributed by atoms with van der Waals surface area (Å²) in [5, 5.41) is 3.60. The van der Waals surface area contributed by atoms with E-state index in [0.717, 1.165) is 10.2 Å². The summed E-state index contributed by atoms with van der Waals surface area (Å²) in [6, 6.07) is 9.93. The summed E-state index contributed by atoms with van der Waals surface area (Å²) in [6.07, 6.45) is 0. The third kappa shape index (κ3) is 3.23. The minimum Gasteiger partial charge on any atom is -0.389 e. The van der Waals surface area contributed by atoms with Crippen molar-refractivity contribution in [3.8, 4) is 0 Å². The van der Waals surface area contributed by atoms with Crippen LogP contribution in [0.1, 0.15) is 5.56 Å². The highest BCUT2D eigenvalue weighted by molar-refractivity contribution is 9.10. The number of halogens is 3. The van der Waals surface area contributed by atoms with Crippen molar-refractivity contribution in [3.63, 3.8) is 0 Å². The standard InChI is InChI=1S/C13H9BrClFN2S/c14-8-5-4-7(6-9(8)15)18-11-3-1-2-10(16)12(11)13(17)19/h1-6,18H,(H2,17,19). The molecule has 19 heavy (non-hydrogen) atoms. The molecule has 2 aromatic rings. The average molecular weight is 360 g/mol. The monoisotopic (exact) mass is 358 g/mol. The van der Waals surface area contributed by atoms with Gasteiger partial charge in [-0.15, -0.1) is 0 Å². The predicted octanol–water partition coefficient (Wildman–Crippen LogP) is 4.62. The van der Waals surface area contributed by atoms with Crippen LogP contribution in [0.4, 0.5) is 15.8 Å². The first-order valence-electron chi connectivity index (χ1n) is 5.29. The maximum absolute atomic E-state index is 13.7. The van der Waals surface area contributed by atoms with Gasteiger partial charge < -0.3 is 11.1 Å². The molecule has 0 spiro atoms. The summed E-state index contributed by atoms with van der Waals surface area (Å²) < 4.78 is 14.5. The molecule has 98 valence electrons. The number of hydrogen-bond donors (Lipinski definition) is 2. The normalized spacial score (nSPS) is 10.3. The first-order valence-corrected chi connectivity index (χ1v) is 6.87. The summed E-state index contributed by atoms with van der Waals surface area (Å²) in [5.41, 5.74) is 6.96. The van der Waals surface area contributed by atoms with E-state index < -0.39 is 5.82 Å². The van der Waals surface area contributed by atoms with Gasteiger partial charge in [0.25, 0.3) is 0 Å². The van der Waals surface area contributed by atoms with Gasteiger partial charge in [-0.1, -0.05) is 29.9 Å². The molecule has 0 heterocycles.